The van der Waals surface area contributed by atoms with Crippen LogP contribution in [0.2, 0.25) is 0 Å². The molecule has 4 rings (SSSR count). The quantitative estimate of drug-likeness (QED) is 0.738. The van der Waals surface area contributed by atoms with E-state index in [1.807, 2.05) is 5.38 Å². The normalized spacial score (nSPS) is 15.0. The van der Waals surface area contributed by atoms with Crippen molar-refractivity contribution >= 4 is 22.4 Å². The zero-order valence-electron chi connectivity index (χ0n) is 14.8. The smallest absolute Gasteiger partial charge is 0.260 e. The van der Waals surface area contributed by atoms with E-state index in [-0.39, 0.29) is 11.7 Å². The summed E-state index contributed by atoms with van der Waals surface area (Å²) in [5.41, 5.74) is 2.57. The van der Waals surface area contributed by atoms with Gasteiger partial charge in [0.05, 0.1) is 22.6 Å². The summed E-state index contributed by atoms with van der Waals surface area (Å²) < 4.78 is 20.3. The molecule has 0 saturated carbocycles. The average Bonchev–Trinajstić information content (AvgIpc) is 3.29. The number of rotatable bonds is 4. The van der Waals surface area contributed by atoms with Gasteiger partial charge in [-0.3, -0.25) is 10.1 Å². The monoisotopic (exact) mass is 386 g/mol. The number of nitrogens with one attached hydrogen (secondary N) is 1. The maximum absolute atomic E-state index is 13.4. The molecule has 2 aromatic heterocycles. The molecule has 1 saturated heterocycles. The number of hydrogen-bond acceptors (Lipinski definition) is 5. The molecule has 3 aromatic rings. The molecule has 27 heavy (non-hydrogen) atoms. The zero-order valence-corrected chi connectivity index (χ0v) is 15.6. The van der Waals surface area contributed by atoms with E-state index in [2.05, 4.69) is 15.4 Å². The van der Waals surface area contributed by atoms with E-state index < -0.39 is 0 Å². The fourth-order valence-electron chi connectivity index (χ4n) is 3.12. The van der Waals surface area contributed by atoms with Crippen molar-refractivity contribution in [2.45, 2.75) is 25.7 Å². The van der Waals surface area contributed by atoms with E-state index in [1.54, 1.807) is 25.3 Å². The number of aromatic nitrogens is 3. The number of amides is 1. The molecule has 0 aliphatic carbocycles. The van der Waals surface area contributed by atoms with Gasteiger partial charge in [0, 0.05) is 30.7 Å². The predicted octanol–water partition coefficient (Wildman–Crippen LogP) is 3.92. The minimum absolute atomic E-state index is 0.275. The van der Waals surface area contributed by atoms with Gasteiger partial charge in [-0.2, -0.15) is 5.10 Å². The van der Waals surface area contributed by atoms with Crippen LogP contribution in [0.1, 0.15) is 40.5 Å². The summed E-state index contributed by atoms with van der Waals surface area (Å²) in [5, 5.41) is 9.73. The van der Waals surface area contributed by atoms with Crippen LogP contribution >= 0.6 is 11.3 Å². The van der Waals surface area contributed by atoms with E-state index in [1.165, 1.54) is 28.2 Å². The molecule has 140 valence electrons. The van der Waals surface area contributed by atoms with Gasteiger partial charge in [-0.1, -0.05) is 6.07 Å². The molecule has 3 heterocycles. The molecule has 0 unspecified atom stereocenters. The average molecular weight is 386 g/mol. The number of benzene rings is 1. The number of carbonyl (C=O) groups is 1. The SMILES string of the molecule is Cc1nn(-c2cccc(F)c2)cc1C(=O)Nc1nc(C2CCOCC2)cs1. The minimum atomic E-state index is -0.352. The van der Waals surface area contributed by atoms with Crippen molar-refractivity contribution in [2.75, 3.05) is 18.5 Å². The highest BCUT2D eigenvalue weighted by Gasteiger charge is 2.20. The van der Waals surface area contributed by atoms with Gasteiger partial charge in [0.25, 0.3) is 5.91 Å². The van der Waals surface area contributed by atoms with Crippen LogP contribution in [-0.4, -0.2) is 33.9 Å². The largest absolute Gasteiger partial charge is 0.381 e. The van der Waals surface area contributed by atoms with E-state index in [4.69, 9.17) is 4.74 Å². The molecule has 8 heteroatoms. The number of anilines is 1. The Hall–Kier alpha value is -2.58. The first-order valence-corrected chi connectivity index (χ1v) is 9.65. The third-order valence-electron chi connectivity index (χ3n) is 4.60. The Balaban J connectivity index is 1.49. The van der Waals surface area contributed by atoms with Crippen LogP contribution in [0.15, 0.2) is 35.8 Å². The Bertz CT molecular complexity index is 962. The van der Waals surface area contributed by atoms with Crippen LogP contribution in [0.25, 0.3) is 5.69 Å². The molecule has 0 bridgehead atoms. The number of halogens is 1. The van der Waals surface area contributed by atoms with Crippen LogP contribution in [0.4, 0.5) is 9.52 Å². The lowest BCUT2D eigenvalue weighted by molar-refractivity contribution is 0.0846. The van der Waals surface area contributed by atoms with Crippen molar-refractivity contribution in [1.82, 2.24) is 14.8 Å². The van der Waals surface area contributed by atoms with E-state index in [0.29, 0.717) is 28.0 Å². The molecule has 6 nitrogen and oxygen atoms in total. The maximum Gasteiger partial charge on any atom is 0.260 e. The van der Waals surface area contributed by atoms with Crippen molar-refractivity contribution in [3.8, 4) is 5.69 Å². The van der Waals surface area contributed by atoms with Crippen molar-refractivity contribution < 1.29 is 13.9 Å². The molecule has 1 amide bonds. The number of hydrogen-bond donors (Lipinski definition) is 1. The van der Waals surface area contributed by atoms with Gasteiger partial charge < -0.3 is 4.74 Å². The summed E-state index contributed by atoms with van der Waals surface area (Å²) >= 11 is 1.42. The molecular formula is C19H19FN4O2S. The summed E-state index contributed by atoms with van der Waals surface area (Å²) in [6.45, 7) is 3.25. The lowest BCUT2D eigenvalue weighted by Crippen LogP contribution is -2.15. The third-order valence-corrected chi connectivity index (χ3v) is 5.37. The highest BCUT2D eigenvalue weighted by atomic mass is 32.1. The second-order valence-corrected chi connectivity index (χ2v) is 7.33. The fourth-order valence-corrected chi connectivity index (χ4v) is 3.91. The minimum Gasteiger partial charge on any atom is -0.381 e. The van der Waals surface area contributed by atoms with Crippen molar-refractivity contribution in [3.05, 3.63) is 58.6 Å². The van der Waals surface area contributed by atoms with Crippen molar-refractivity contribution in [3.63, 3.8) is 0 Å². The van der Waals surface area contributed by atoms with Crippen LogP contribution in [0.5, 0.6) is 0 Å². The molecule has 1 N–H and O–H groups in total. The first-order chi connectivity index (χ1) is 13.1. The number of thiazole rings is 1. The van der Waals surface area contributed by atoms with Crippen molar-refractivity contribution in [2.24, 2.45) is 0 Å². The summed E-state index contributed by atoms with van der Waals surface area (Å²) in [4.78, 5) is 17.2. The van der Waals surface area contributed by atoms with Gasteiger partial charge in [0.1, 0.15) is 5.82 Å². The summed E-state index contributed by atoms with van der Waals surface area (Å²) in [7, 11) is 0. The van der Waals surface area contributed by atoms with Crippen LogP contribution in [0, 0.1) is 12.7 Å². The standard InChI is InChI=1S/C19H19FN4O2S/c1-12-16(10-24(23-12)15-4-2-3-14(20)9-15)18(25)22-19-21-17(11-27-19)13-5-7-26-8-6-13/h2-4,9-11,13H,5-8H2,1H3,(H,21,22,25). The van der Waals surface area contributed by atoms with Crippen LogP contribution in [0.3, 0.4) is 0 Å². The maximum atomic E-state index is 13.4. The van der Waals surface area contributed by atoms with Gasteiger partial charge in [-0.15, -0.1) is 11.3 Å². The molecule has 1 aliphatic heterocycles. The highest BCUT2D eigenvalue weighted by Crippen LogP contribution is 2.29. The highest BCUT2D eigenvalue weighted by molar-refractivity contribution is 7.14. The fraction of sp³-hybridized carbons (Fsp3) is 0.316. The van der Waals surface area contributed by atoms with Gasteiger partial charge in [-0.05, 0) is 38.0 Å². The van der Waals surface area contributed by atoms with Crippen LogP contribution in [-0.2, 0) is 4.74 Å². The number of ether oxygens (including phenoxy) is 1. The Kier molecular flexibility index (Phi) is 5.00. The summed E-state index contributed by atoms with van der Waals surface area (Å²) in [6, 6.07) is 6.08. The third kappa shape index (κ3) is 3.91. The number of nitrogens with zero attached hydrogens (tertiary/aromatic N) is 3. The predicted molar refractivity (Wildman–Crippen MR) is 101 cm³/mol. The second kappa shape index (κ2) is 7.58. The first kappa shape index (κ1) is 17.8. The molecule has 0 atom stereocenters. The number of aryl methyl sites for hydroxylation is 1. The zero-order chi connectivity index (χ0) is 18.8. The topological polar surface area (TPSA) is 69.0 Å². The second-order valence-electron chi connectivity index (χ2n) is 6.47. The lowest BCUT2D eigenvalue weighted by atomic mass is 9.98. The lowest BCUT2D eigenvalue weighted by Gasteiger charge is -2.19. The molecule has 0 radical (unpaired) electrons. The molecule has 1 fully saturated rings. The van der Waals surface area contributed by atoms with Gasteiger partial charge >= 0.3 is 0 Å². The van der Waals surface area contributed by atoms with Crippen LogP contribution < -0.4 is 5.32 Å². The summed E-state index contributed by atoms with van der Waals surface area (Å²) in [6.07, 6.45) is 3.51. The van der Waals surface area contributed by atoms with E-state index >= 15 is 0 Å². The van der Waals surface area contributed by atoms with Gasteiger partial charge in [0.2, 0.25) is 0 Å². The van der Waals surface area contributed by atoms with E-state index in [9.17, 15) is 9.18 Å². The Morgan fingerprint density at radius 2 is 2.19 bits per heavy atom. The molecular weight excluding hydrogens is 367 g/mol. The van der Waals surface area contributed by atoms with Crippen molar-refractivity contribution in [1.29, 1.82) is 0 Å². The first-order valence-electron chi connectivity index (χ1n) is 8.77. The Morgan fingerprint density at radius 3 is 2.96 bits per heavy atom. The van der Waals surface area contributed by atoms with E-state index in [0.717, 1.165) is 31.7 Å². The number of carbonyl (C=O) groups excluding carboxylic acids is 1. The Labute approximate surface area is 160 Å². The Morgan fingerprint density at radius 1 is 1.37 bits per heavy atom. The molecule has 1 aromatic carbocycles. The molecule has 1 aliphatic rings. The van der Waals surface area contributed by atoms with Gasteiger partial charge in [-0.25, -0.2) is 14.1 Å². The molecule has 0 spiro atoms. The van der Waals surface area contributed by atoms with Gasteiger partial charge in [0.15, 0.2) is 5.13 Å². The summed E-state index contributed by atoms with van der Waals surface area (Å²) in [5.74, 6) is -0.240.